The molecule has 0 unspecified atom stereocenters. The van der Waals surface area contributed by atoms with Gasteiger partial charge in [0.2, 0.25) is 0 Å². The quantitative estimate of drug-likeness (QED) is 0.158. The maximum Gasteiger partial charge on any atom is 0.160 e. The van der Waals surface area contributed by atoms with Gasteiger partial charge in [0.05, 0.1) is 11.4 Å². The normalized spacial score (nSPS) is 11.4. The molecule has 0 spiro atoms. The van der Waals surface area contributed by atoms with E-state index in [2.05, 4.69) is 184 Å². The number of hydrogen-bond donors (Lipinski definition) is 0. The molecule has 0 aliphatic rings. The summed E-state index contributed by atoms with van der Waals surface area (Å²) in [5.74, 6) is 0.733. The third-order valence-electron chi connectivity index (χ3n) is 10.3. The lowest BCUT2D eigenvalue weighted by molar-refractivity contribution is 1.05. The second-order valence-electron chi connectivity index (χ2n) is 13.5. The fourth-order valence-corrected chi connectivity index (χ4v) is 8.86. The molecule has 9 rings (SSSR count). The van der Waals surface area contributed by atoms with E-state index in [0.29, 0.717) is 0 Å². The average molecular weight is 699 g/mol. The lowest BCUT2D eigenvalue weighted by Crippen LogP contribution is -2.04. The van der Waals surface area contributed by atoms with Crippen LogP contribution < -0.4 is 0 Å². The molecule has 0 bridgehead atoms. The Balaban J connectivity index is 1.18. The Morgan fingerprint density at radius 1 is 0.415 bits per heavy atom. The van der Waals surface area contributed by atoms with Gasteiger partial charge in [-0.3, -0.25) is 0 Å². The molecule has 0 amide bonds. The first-order chi connectivity index (χ1) is 26.2. The number of aryl methyl sites for hydroxylation is 1. The van der Waals surface area contributed by atoms with E-state index >= 15 is 0 Å². The van der Waals surface area contributed by atoms with Crippen LogP contribution in [0.3, 0.4) is 0 Å². The van der Waals surface area contributed by atoms with Crippen molar-refractivity contribution in [3.63, 3.8) is 0 Å². The number of benzene rings is 7. The van der Waals surface area contributed by atoms with E-state index in [4.69, 9.17) is 9.97 Å². The number of nitrogens with zero attached hydrogens (tertiary/aromatic N) is 2. The molecule has 53 heavy (non-hydrogen) atoms. The molecular formula is C50H38N2S. The number of rotatable bonds is 8. The summed E-state index contributed by atoms with van der Waals surface area (Å²) in [4.78, 5) is 10.8. The summed E-state index contributed by atoms with van der Waals surface area (Å²) in [6, 6.07) is 61.1. The number of aromatic nitrogens is 2. The molecular weight excluding hydrogens is 661 g/mol. The number of hydrogen-bond acceptors (Lipinski definition) is 3. The smallest absolute Gasteiger partial charge is 0.160 e. The van der Waals surface area contributed by atoms with Gasteiger partial charge in [-0.05, 0) is 76.1 Å². The van der Waals surface area contributed by atoms with Crippen LogP contribution in [0, 0.1) is 0 Å². The Labute approximate surface area is 315 Å². The van der Waals surface area contributed by atoms with Gasteiger partial charge in [0.25, 0.3) is 0 Å². The first-order valence-electron chi connectivity index (χ1n) is 18.4. The molecule has 0 atom stereocenters. The topological polar surface area (TPSA) is 25.8 Å². The summed E-state index contributed by atoms with van der Waals surface area (Å²) in [5.41, 5.74) is 14.9. The predicted octanol–water partition coefficient (Wildman–Crippen LogP) is 14.0. The Kier molecular flexibility index (Phi) is 8.71. The van der Waals surface area contributed by atoms with Crippen LogP contribution in [0.25, 0.3) is 87.5 Å². The van der Waals surface area contributed by atoms with Gasteiger partial charge in [0.1, 0.15) is 0 Å². The summed E-state index contributed by atoms with van der Waals surface area (Å²) < 4.78 is 2.65. The summed E-state index contributed by atoms with van der Waals surface area (Å²) in [5, 5.41) is 2.63. The van der Waals surface area contributed by atoms with Gasteiger partial charge < -0.3 is 0 Å². The SMILES string of the molecule is CCc1ccccc1-c1nc(-c2cccc(-c3cccc(-c4cccc5c4sc4ccccc45)c3)c2)nc(-c2cccc(-c3ccccc3)c2)c1CC. The van der Waals surface area contributed by atoms with E-state index in [9.17, 15) is 0 Å². The molecule has 7 aromatic carbocycles. The predicted molar refractivity (Wildman–Crippen MR) is 226 cm³/mol. The largest absolute Gasteiger partial charge is 0.228 e. The van der Waals surface area contributed by atoms with Crippen LogP contribution >= 0.6 is 11.3 Å². The van der Waals surface area contributed by atoms with Crippen molar-refractivity contribution in [2.75, 3.05) is 0 Å². The molecule has 0 saturated carbocycles. The van der Waals surface area contributed by atoms with E-state index in [-0.39, 0.29) is 0 Å². The third-order valence-corrected chi connectivity index (χ3v) is 11.5. The summed E-state index contributed by atoms with van der Waals surface area (Å²) >= 11 is 1.87. The molecule has 3 heteroatoms. The molecule has 0 aliphatic heterocycles. The van der Waals surface area contributed by atoms with Crippen molar-refractivity contribution in [3.05, 3.63) is 181 Å². The van der Waals surface area contributed by atoms with Gasteiger partial charge in [-0.2, -0.15) is 0 Å². The fourth-order valence-electron chi connectivity index (χ4n) is 7.62. The zero-order chi connectivity index (χ0) is 35.7. The van der Waals surface area contributed by atoms with Crippen molar-refractivity contribution in [2.45, 2.75) is 26.7 Å². The summed E-state index contributed by atoms with van der Waals surface area (Å²) in [7, 11) is 0. The van der Waals surface area contributed by atoms with Crippen molar-refractivity contribution in [1.82, 2.24) is 9.97 Å². The minimum atomic E-state index is 0.733. The Hall–Kier alpha value is -6.16. The van der Waals surface area contributed by atoms with E-state index in [0.717, 1.165) is 46.7 Å². The maximum atomic E-state index is 5.41. The monoisotopic (exact) mass is 698 g/mol. The highest BCUT2D eigenvalue weighted by Gasteiger charge is 2.20. The Bertz CT molecular complexity index is 2760. The van der Waals surface area contributed by atoms with Crippen LogP contribution in [-0.2, 0) is 12.8 Å². The van der Waals surface area contributed by atoms with E-state index in [1.54, 1.807) is 0 Å². The van der Waals surface area contributed by atoms with E-state index < -0.39 is 0 Å². The molecule has 2 nitrogen and oxygen atoms in total. The second-order valence-corrected chi connectivity index (χ2v) is 14.5. The van der Waals surface area contributed by atoms with Crippen molar-refractivity contribution < 1.29 is 0 Å². The average Bonchev–Trinajstić information content (AvgIpc) is 3.63. The molecule has 0 saturated heterocycles. The fraction of sp³-hybridized carbons (Fsp3) is 0.0800. The van der Waals surface area contributed by atoms with Crippen LogP contribution in [0.2, 0.25) is 0 Å². The third kappa shape index (κ3) is 6.13. The Morgan fingerprint density at radius 3 is 1.75 bits per heavy atom. The molecule has 2 aromatic heterocycles. The van der Waals surface area contributed by atoms with Crippen molar-refractivity contribution in [3.8, 4) is 67.3 Å². The second kappa shape index (κ2) is 14.1. The highest BCUT2D eigenvalue weighted by molar-refractivity contribution is 7.26. The minimum Gasteiger partial charge on any atom is -0.228 e. The maximum absolute atomic E-state index is 5.41. The number of fused-ring (bicyclic) bond motifs is 3. The first kappa shape index (κ1) is 32.7. The van der Waals surface area contributed by atoms with Crippen molar-refractivity contribution in [2.24, 2.45) is 0 Å². The molecule has 2 heterocycles. The summed E-state index contributed by atoms with van der Waals surface area (Å²) in [6.45, 7) is 4.43. The lowest BCUT2D eigenvalue weighted by Gasteiger charge is -2.18. The van der Waals surface area contributed by atoms with Crippen molar-refractivity contribution in [1.29, 1.82) is 0 Å². The molecule has 9 aromatic rings. The van der Waals surface area contributed by atoms with Gasteiger partial charge in [-0.1, -0.05) is 159 Å². The molecule has 0 aliphatic carbocycles. The number of thiophene rings is 1. The van der Waals surface area contributed by atoms with Crippen LogP contribution in [0.4, 0.5) is 0 Å². The molecule has 0 fully saturated rings. The van der Waals surface area contributed by atoms with Crippen LogP contribution in [0.1, 0.15) is 25.0 Å². The lowest BCUT2D eigenvalue weighted by atomic mass is 9.93. The van der Waals surface area contributed by atoms with Gasteiger partial charge in [0.15, 0.2) is 5.82 Å². The Morgan fingerprint density at radius 2 is 0.962 bits per heavy atom. The minimum absolute atomic E-state index is 0.733. The molecule has 254 valence electrons. The van der Waals surface area contributed by atoms with E-state index in [1.165, 1.54) is 64.7 Å². The zero-order valence-electron chi connectivity index (χ0n) is 29.9. The van der Waals surface area contributed by atoms with Gasteiger partial charge in [-0.15, -0.1) is 11.3 Å². The van der Waals surface area contributed by atoms with Crippen LogP contribution in [-0.4, -0.2) is 9.97 Å². The molecule has 0 N–H and O–H groups in total. The standard InChI is InChI=1S/C50H38N2S/c1-3-33-16-8-9-25-42(33)48-41(4-2)47(39-23-13-19-35(31-39)34-17-6-5-7-18-34)51-50(52-48)40-24-14-21-37(32-40)36-20-12-22-38(30-36)43-27-15-28-45-44-26-10-11-29-46(44)53-49(43)45/h5-32H,3-4H2,1-2H3. The highest BCUT2D eigenvalue weighted by Crippen LogP contribution is 2.41. The summed E-state index contributed by atoms with van der Waals surface area (Å²) in [6.07, 6.45) is 1.75. The first-order valence-corrected chi connectivity index (χ1v) is 19.3. The van der Waals surface area contributed by atoms with E-state index in [1.807, 2.05) is 11.3 Å². The zero-order valence-corrected chi connectivity index (χ0v) is 30.7. The highest BCUT2D eigenvalue weighted by atomic mass is 32.1. The van der Waals surface area contributed by atoms with Gasteiger partial charge in [-0.25, -0.2) is 9.97 Å². The van der Waals surface area contributed by atoms with Gasteiger partial charge >= 0.3 is 0 Å². The van der Waals surface area contributed by atoms with Crippen molar-refractivity contribution >= 4 is 31.5 Å². The van der Waals surface area contributed by atoms with Crippen LogP contribution in [0.15, 0.2) is 170 Å². The molecule has 0 radical (unpaired) electrons. The van der Waals surface area contributed by atoms with Gasteiger partial charge in [0, 0.05) is 42.4 Å². The van der Waals surface area contributed by atoms with Crippen LogP contribution in [0.5, 0.6) is 0 Å².